The fourth-order valence-electron chi connectivity index (χ4n) is 2.28. The molecule has 1 atom stereocenters. The topological polar surface area (TPSA) is 41.6 Å². The maximum atomic E-state index is 11.6. The molecule has 1 heterocycles. The standard InChI is InChI=1S/C12H24N2O2/c1-3-13-12(15)10-11-6-4-5-7-14(11)8-9-16-2/h11H,3-10H2,1-2H3,(H,13,15)/t11-/m0/s1. The molecule has 1 saturated heterocycles. The van der Waals surface area contributed by atoms with Crippen molar-refractivity contribution in [1.82, 2.24) is 10.2 Å². The van der Waals surface area contributed by atoms with Gasteiger partial charge in [0.15, 0.2) is 0 Å². The van der Waals surface area contributed by atoms with Crippen LogP contribution < -0.4 is 5.32 Å². The summed E-state index contributed by atoms with van der Waals surface area (Å²) in [7, 11) is 1.72. The van der Waals surface area contributed by atoms with Crippen molar-refractivity contribution in [2.45, 2.75) is 38.6 Å². The number of carbonyl (C=O) groups is 1. The Labute approximate surface area is 98.3 Å². The summed E-state index contributed by atoms with van der Waals surface area (Å²) >= 11 is 0. The van der Waals surface area contributed by atoms with Crippen molar-refractivity contribution in [3.63, 3.8) is 0 Å². The van der Waals surface area contributed by atoms with Crippen molar-refractivity contribution in [3.8, 4) is 0 Å². The molecule has 1 fully saturated rings. The number of hydrogen-bond donors (Lipinski definition) is 1. The summed E-state index contributed by atoms with van der Waals surface area (Å²) in [6.07, 6.45) is 4.27. The van der Waals surface area contributed by atoms with E-state index in [2.05, 4.69) is 10.2 Å². The summed E-state index contributed by atoms with van der Waals surface area (Å²) in [5, 5.41) is 2.87. The predicted molar refractivity (Wildman–Crippen MR) is 64.4 cm³/mol. The molecule has 4 nitrogen and oxygen atoms in total. The van der Waals surface area contributed by atoms with Gasteiger partial charge in [-0.3, -0.25) is 9.69 Å². The normalized spacial score (nSPS) is 22.0. The van der Waals surface area contributed by atoms with Crippen LogP contribution in [0.15, 0.2) is 0 Å². The molecular formula is C12H24N2O2. The van der Waals surface area contributed by atoms with Crippen LogP contribution in [0, 0.1) is 0 Å². The number of hydrogen-bond acceptors (Lipinski definition) is 3. The largest absolute Gasteiger partial charge is 0.383 e. The van der Waals surface area contributed by atoms with E-state index < -0.39 is 0 Å². The Balaban J connectivity index is 2.37. The van der Waals surface area contributed by atoms with Gasteiger partial charge in [0.2, 0.25) is 5.91 Å². The van der Waals surface area contributed by atoms with Crippen molar-refractivity contribution in [3.05, 3.63) is 0 Å². The average molecular weight is 228 g/mol. The third kappa shape index (κ3) is 4.49. The van der Waals surface area contributed by atoms with E-state index in [9.17, 15) is 4.79 Å². The van der Waals surface area contributed by atoms with Gasteiger partial charge in [0.1, 0.15) is 0 Å². The highest BCUT2D eigenvalue weighted by molar-refractivity contribution is 5.76. The van der Waals surface area contributed by atoms with Gasteiger partial charge in [0, 0.05) is 32.7 Å². The molecule has 0 saturated carbocycles. The van der Waals surface area contributed by atoms with Gasteiger partial charge in [-0.2, -0.15) is 0 Å². The van der Waals surface area contributed by atoms with E-state index in [-0.39, 0.29) is 5.91 Å². The van der Waals surface area contributed by atoms with E-state index in [1.807, 2.05) is 6.92 Å². The van der Waals surface area contributed by atoms with Crippen LogP contribution >= 0.6 is 0 Å². The van der Waals surface area contributed by atoms with Crippen LogP contribution in [0.2, 0.25) is 0 Å². The van der Waals surface area contributed by atoms with Crippen molar-refractivity contribution < 1.29 is 9.53 Å². The van der Waals surface area contributed by atoms with Crippen LogP contribution in [0.5, 0.6) is 0 Å². The summed E-state index contributed by atoms with van der Waals surface area (Å²) < 4.78 is 5.10. The number of rotatable bonds is 6. The third-order valence-corrected chi connectivity index (χ3v) is 3.13. The lowest BCUT2D eigenvalue weighted by Crippen LogP contribution is -2.44. The highest BCUT2D eigenvalue weighted by atomic mass is 16.5. The molecule has 16 heavy (non-hydrogen) atoms. The number of amides is 1. The average Bonchev–Trinajstić information content (AvgIpc) is 2.28. The highest BCUT2D eigenvalue weighted by Crippen LogP contribution is 2.19. The second-order valence-corrected chi connectivity index (χ2v) is 4.34. The monoisotopic (exact) mass is 228 g/mol. The minimum Gasteiger partial charge on any atom is -0.383 e. The number of likely N-dealkylation sites (tertiary alicyclic amines) is 1. The minimum absolute atomic E-state index is 0.178. The van der Waals surface area contributed by atoms with Gasteiger partial charge in [0.25, 0.3) is 0 Å². The quantitative estimate of drug-likeness (QED) is 0.738. The predicted octanol–water partition coefficient (Wildman–Crippen LogP) is 1.01. The molecule has 0 aromatic rings. The molecule has 94 valence electrons. The van der Waals surface area contributed by atoms with Crippen LogP contribution in [-0.2, 0) is 9.53 Å². The molecule has 0 aromatic carbocycles. The number of methoxy groups -OCH3 is 1. The number of nitrogens with zero attached hydrogens (tertiary/aromatic N) is 1. The molecule has 0 spiro atoms. The van der Waals surface area contributed by atoms with Gasteiger partial charge >= 0.3 is 0 Å². The molecule has 1 aliphatic heterocycles. The van der Waals surface area contributed by atoms with Crippen LogP contribution in [0.1, 0.15) is 32.6 Å². The molecule has 0 aromatic heterocycles. The molecule has 4 heteroatoms. The van der Waals surface area contributed by atoms with Crippen LogP contribution in [0.3, 0.4) is 0 Å². The van der Waals surface area contributed by atoms with E-state index in [1.54, 1.807) is 7.11 Å². The number of nitrogens with one attached hydrogen (secondary N) is 1. The Morgan fingerprint density at radius 2 is 2.31 bits per heavy atom. The second-order valence-electron chi connectivity index (χ2n) is 4.34. The van der Waals surface area contributed by atoms with Gasteiger partial charge < -0.3 is 10.1 Å². The van der Waals surface area contributed by atoms with Crippen molar-refractivity contribution >= 4 is 5.91 Å². The van der Waals surface area contributed by atoms with E-state index in [1.165, 1.54) is 12.8 Å². The van der Waals surface area contributed by atoms with E-state index >= 15 is 0 Å². The fourth-order valence-corrected chi connectivity index (χ4v) is 2.28. The second kappa shape index (κ2) is 7.63. The van der Waals surface area contributed by atoms with Crippen molar-refractivity contribution in [2.75, 3.05) is 33.4 Å². The molecule has 1 amide bonds. The van der Waals surface area contributed by atoms with E-state index in [0.29, 0.717) is 12.5 Å². The Morgan fingerprint density at radius 1 is 1.50 bits per heavy atom. The van der Waals surface area contributed by atoms with Gasteiger partial charge in [-0.1, -0.05) is 6.42 Å². The molecule has 0 bridgehead atoms. The summed E-state index contributed by atoms with van der Waals surface area (Å²) in [5.41, 5.74) is 0. The van der Waals surface area contributed by atoms with Gasteiger partial charge in [-0.05, 0) is 26.3 Å². The van der Waals surface area contributed by atoms with Gasteiger partial charge in [-0.25, -0.2) is 0 Å². The molecule has 1 aliphatic rings. The lowest BCUT2D eigenvalue weighted by atomic mass is 9.99. The lowest BCUT2D eigenvalue weighted by molar-refractivity contribution is -0.122. The van der Waals surface area contributed by atoms with Crippen molar-refractivity contribution in [1.29, 1.82) is 0 Å². The zero-order valence-corrected chi connectivity index (χ0v) is 10.5. The molecule has 1 rings (SSSR count). The third-order valence-electron chi connectivity index (χ3n) is 3.13. The fraction of sp³-hybridized carbons (Fsp3) is 0.917. The molecule has 0 radical (unpaired) electrons. The number of carbonyl (C=O) groups excluding carboxylic acids is 1. The SMILES string of the molecule is CCNC(=O)C[C@@H]1CCCCN1CCOC. The van der Waals surface area contributed by atoms with E-state index in [4.69, 9.17) is 4.74 Å². The Bertz CT molecular complexity index is 209. The smallest absolute Gasteiger partial charge is 0.221 e. The van der Waals surface area contributed by atoms with E-state index in [0.717, 1.165) is 32.7 Å². The first kappa shape index (κ1) is 13.5. The van der Waals surface area contributed by atoms with Gasteiger partial charge in [-0.15, -0.1) is 0 Å². The number of ether oxygens (including phenoxy) is 1. The Hall–Kier alpha value is -0.610. The highest BCUT2D eigenvalue weighted by Gasteiger charge is 2.23. The lowest BCUT2D eigenvalue weighted by Gasteiger charge is -2.35. The van der Waals surface area contributed by atoms with Gasteiger partial charge in [0.05, 0.1) is 6.61 Å². The first-order valence-corrected chi connectivity index (χ1v) is 6.27. The summed E-state index contributed by atoms with van der Waals surface area (Å²) in [6.45, 7) is 5.49. The Kier molecular flexibility index (Phi) is 6.42. The first-order chi connectivity index (χ1) is 7.77. The summed E-state index contributed by atoms with van der Waals surface area (Å²) in [6, 6.07) is 0.412. The van der Waals surface area contributed by atoms with Crippen molar-refractivity contribution in [2.24, 2.45) is 0 Å². The van der Waals surface area contributed by atoms with Crippen LogP contribution in [0.4, 0.5) is 0 Å². The van der Waals surface area contributed by atoms with Crippen LogP contribution in [0.25, 0.3) is 0 Å². The first-order valence-electron chi connectivity index (χ1n) is 6.27. The summed E-state index contributed by atoms with van der Waals surface area (Å²) in [5.74, 6) is 0.178. The molecule has 1 N–H and O–H groups in total. The zero-order chi connectivity index (χ0) is 11.8. The summed E-state index contributed by atoms with van der Waals surface area (Å²) in [4.78, 5) is 14.0. The van der Waals surface area contributed by atoms with Crippen LogP contribution in [-0.4, -0.2) is 50.2 Å². The Morgan fingerprint density at radius 3 is 3.00 bits per heavy atom. The zero-order valence-electron chi connectivity index (χ0n) is 10.5. The molecule has 0 aliphatic carbocycles. The minimum atomic E-state index is 0.178. The molecule has 0 unspecified atom stereocenters. The maximum Gasteiger partial charge on any atom is 0.221 e. The maximum absolute atomic E-state index is 11.6. The molecular weight excluding hydrogens is 204 g/mol. The number of piperidine rings is 1.